The molecule has 1 N–H and O–H groups in total. The van der Waals surface area contributed by atoms with Crippen LogP contribution in [0.25, 0.3) is 11.3 Å². The topological polar surface area (TPSA) is 68.0 Å². The molecule has 0 unspecified atom stereocenters. The van der Waals surface area contributed by atoms with E-state index in [-0.39, 0.29) is 18.2 Å². The summed E-state index contributed by atoms with van der Waals surface area (Å²) in [5, 5.41) is 9.32. The maximum absolute atomic E-state index is 14.3. The van der Waals surface area contributed by atoms with E-state index in [1.165, 1.54) is 17.4 Å². The van der Waals surface area contributed by atoms with Crippen LogP contribution in [0.3, 0.4) is 0 Å². The molecule has 35 heavy (non-hydrogen) atoms. The number of aromatic nitrogens is 1. The second-order valence-electron chi connectivity index (χ2n) is 8.08. The van der Waals surface area contributed by atoms with E-state index >= 15 is 0 Å². The first-order valence-corrected chi connectivity index (χ1v) is 11.6. The fourth-order valence-electron chi connectivity index (χ4n) is 3.62. The number of nitrogens with zero attached hydrogens (tertiary/aromatic N) is 3. The number of hydrogen-bond acceptors (Lipinski definition) is 5. The molecule has 1 aliphatic rings. The Balaban J connectivity index is 1.66. The van der Waals surface area contributed by atoms with Gasteiger partial charge >= 0.3 is 0 Å². The number of thiazole rings is 1. The summed E-state index contributed by atoms with van der Waals surface area (Å²) in [6.07, 6.45) is 1.72. The Kier molecular flexibility index (Phi) is 6.00. The minimum Gasteiger partial charge on any atom is -0.482 e. The van der Waals surface area contributed by atoms with Crippen molar-refractivity contribution in [3.8, 4) is 17.0 Å². The van der Waals surface area contributed by atoms with Crippen molar-refractivity contribution in [2.75, 3.05) is 11.9 Å². The van der Waals surface area contributed by atoms with Gasteiger partial charge < -0.3 is 10.1 Å². The predicted molar refractivity (Wildman–Crippen MR) is 132 cm³/mol. The maximum Gasteiger partial charge on any atom is 0.262 e. The zero-order valence-corrected chi connectivity index (χ0v) is 19.7. The van der Waals surface area contributed by atoms with E-state index in [0.717, 1.165) is 34.4 Å². The van der Waals surface area contributed by atoms with Crippen LogP contribution < -0.4 is 14.9 Å². The smallest absolute Gasteiger partial charge is 0.262 e. The van der Waals surface area contributed by atoms with Gasteiger partial charge in [-0.1, -0.05) is 23.8 Å². The van der Waals surface area contributed by atoms with Gasteiger partial charge in [0, 0.05) is 17.0 Å². The third kappa shape index (κ3) is 4.76. The van der Waals surface area contributed by atoms with Crippen LogP contribution in [0, 0.1) is 25.5 Å². The van der Waals surface area contributed by atoms with Gasteiger partial charge in [-0.25, -0.2) is 18.4 Å². The number of ether oxygens (including phenoxy) is 1. The minimum absolute atomic E-state index is 0.00147. The second kappa shape index (κ2) is 9.27. The van der Waals surface area contributed by atoms with Gasteiger partial charge in [0.15, 0.2) is 12.4 Å². The Labute approximate surface area is 203 Å². The highest BCUT2D eigenvalue weighted by atomic mass is 32.1. The van der Waals surface area contributed by atoms with Gasteiger partial charge in [0.05, 0.1) is 17.6 Å². The van der Waals surface area contributed by atoms with Crippen LogP contribution in [0.5, 0.6) is 5.75 Å². The molecule has 1 aliphatic heterocycles. The normalized spacial score (nSPS) is 13.6. The highest BCUT2D eigenvalue weighted by Gasteiger charge is 2.18. The van der Waals surface area contributed by atoms with Gasteiger partial charge in [-0.3, -0.25) is 4.79 Å². The van der Waals surface area contributed by atoms with Crippen molar-refractivity contribution in [3.05, 3.63) is 93.1 Å². The average molecular weight is 491 g/mol. The predicted octanol–water partition coefficient (Wildman–Crippen LogP) is 5.56. The van der Waals surface area contributed by atoms with Crippen molar-refractivity contribution in [2.45, 2.75) is 13.8 Å². The molecule has 0 saturated carbocycles. The van der Waals surface area contributed by atoms with Crippen LogP contribution >= 0.6 is 11.3 Å². The molecule has 3 aromatic carbocycles. The van der Waals surface area contributed by atoms with Crippen molar-refractivity contribution in [1.82, 2.24) is 4.68 Å². The molecule has 0 spiro atoms. The van der Waals surface area contributed by atoms with Gasteiger partial charge in [0.2, 0.25) is 4.80 Å². The Morgan fingerprint density at radius 2 is 1.94 bits per heavy atom. The molecule has 2 heterocycles. The lowest BCUT2D eigenvalue weighted by Gasteiger charge is -2.18. The number of aryl methyl sites for hydroxylation is 2. The summed E-state index contributed by atoms with van der Waals surface area (Å²) < 4.78 is 34.8. The number of hydrogen-bond donors (Lipinski definition) is 1. The number of fused-ring (bicyclic) bond motifs is 1. The van der Waals surface area contributed by atoms with Gasteiger partial charge in [0.1, 0.15) is 17.3 Å². The second-order valence-corrected chi connectivity index (χ2v) is 8.91. The molecular weight excluding hydrogens is 470 g/mol. The summed E-state index contributed by atoms with van der Waals surface area (Å²) in [4.78, 5) is 16.6. The first-order chi connectivity index (χ1) is 16.9. The van der Waals surface area contributed by atoms with Crippen molar-refractivity contribution in [1.29, 1.82) is 0 Å². The Morgan fingerprint density at radius 1 is 1.09 bits per heavy atom. The molecule has 1 aromatic heterocycles. The minimum atomic E-state index is -0.765. The molecule has 9 heteroatoms. The largest absolute Gasteiger partial charge is 0.482 e. The fourth-order valence-corrected chi connectivity index (χ4v) is 4.47. The van der Waals surface area contributed by atoms with E-state index in [1.807, 2.05) is 43.5 Å². The number of carbonyl (C=O) groups is 1. The van der Waals surface area contributed by atoms with Crippen molar-refractivity contribution in [2.24, 2.45) is 10.1 Å². The highest BCUT2D eigenvalue weighted by molar-refractivity contribution is 7.07. The molecular formula is C26H20F2N4O2S. The molecule has 6 nitrogen and oxygen atoms in total. The number of benzene rings is 3. The van der Waals surface area contributed by atoms with Gasteiger partial charge in [-0.2, -0.15) is 5.10 Å². The molecule has 0 atom stereocenters. The third-order valence-corrected chi connectivity index (χ3v) is 6.28. The van der Waals surface area contributed by atoms with Crippen LogP contribution in [0.4, 0.5) is 20.2 Å². The molecule has 0 aliphatic carbocycles. The molecule has 0 radical (unpaired) electrons. The Morgan fingerprint density at radius 3 is 2.77 bits per heavy atom. The Bertz CT molecular complexity index is 1560. The number of carbonyl (C=O) groups excluding carboxylic acids is 1. The van der Waals surface area contributed by atoms with E-state index in [9.17, 15) is 13.6 Å². The molecule has 0 bridgehead atoms. The summed E-state index contributed by atoms with van der Waals surface area (Å²) in [6.45, 7) is 3.96. The molecule has 4 aromatic rings. The third-order valence-electron chi connectivity index (χ3n) is 5.47. The van der Waals surface area contributed by atoms with Crippen LogP contribution in [-0.4, -0.2) is 23.4 Å². The maximum atomic E-state index is 14.3. The van der Waals surface area contributed by atoms with E-state index in [1.54, 1.807) is 23.0 Å². The molecule has 1 amide bonds. The number of nitrogens with one attached hydrogen (secondary N) is 1. The van der Waals surface area contributed by atoms with Crippen molar-refractivity contribution in [3.63, 3.8) is 0 Å². The standard InChI is InChI=1S/C26H20F2N4O2S/c1-15-3-4-16(2)18(9-15)12-29-32-23(17-5-8-24-22(10-17)30-25(33)13-34-24)14-35-26(32)31-21-7-6-19(27)11-20(21)28/h3-12,14H,13H2,1-2H3,(H,30,33). The fraction of sp³-hybridized carbons (Fsp3) is 0.115. The van der Waals surface area contributed by atoms with Crippen molar-refractivity contribution < 1.29 is 18.3 Å². The lowest BCUT2D eigenvalue weighted by Crippen LogP contribution is -2.25. The van der Waals surface area contributed by atoms with Gasteiger partial charge in [0.25, 0.3) is 5.91 Å². The van der Waals surface area contributed by atoms with E-state index in [2.05, 4.69) is 15.4 Å². The highest BCUT2D eigenvalue weighted by Crippen LogP contribution is 2.33. The summed E-state index contributed by atoms with van der Waals surface area (Å²) >= 11 is 1.26. The average Bonchev–Trinajstić information content (AvgIpc) is 3.23. The zero-order chi connectivity index (χ0) is 24.5. The number of amides is 1. The first-order valence-electron chi connectivity index (χ1n) is 10.8. The number of anilines is 1. The molecule has 0 fully saturated rings. The molecule has 0 saturated heterocycles. The molecule has 176 valence electrons. The summed E-state index contributed by atoms with van der Waals surface area (Å²) in [5.41, 5.74) is 5.06. The quantitative estimate of drug-likeness (QED) is 0.381. The SMILES string of the molecule is Cc1ccc(C)c(C=Nn2c(-c3ccc4c(c3)NC(=O)CO4)csc2=Nc2ccc(F)cc2F)c1. The Hall–Kier alpha value is -4.11. The van der Waals surface area contributed by atoms with Crippen LogP contribution in [0.1, 0.15) is 16.7 Å². The number of rotatable bonds is 4. The lowest BCUT2D eigenvalue weighted by atomic mass is 10.1. The zero-order valence-electron chi connectivity index (χ0n) is 18.9. The van der Waals surface area contributed by atoms with Crippen LogP contribution in [0.15, 0.2) is 70.1 Å². The number of halogens is 2. The monoisotopic (exact) mass is 490 g/mol. The summed E-state index contributed by atoms with van der Waals surface area (Å²) in [5.74, 6) is -1.10. The first kappa shape index (κ1) is 22.7. The van der Waals surface area contributed by atoms with E-state index in [0.29, 0.717) is 21.9 Å². The van der Waals surface area contributed by atoms with Gasteiger partial charge in [-0.05, 0) is 55.3 Å². The van der Waals surface area contributed by atoms with Gasteiger partial charge in [-0.15, -0.1) is 11.3 Å². The van der Waals surface area contributed by atoms with Crippen LogP contribution in [0.2, 0.25) is 0 Å². The van der Waals surface area contributed by atoms with E-state index in [4.69, 9.17) is 4.74 Å². The van der Waals surface area contributed by atoms with Crippen molar-refractivity contribution >= 4 is 34.8 Å². The lowest BCUT2D eigenvalue weighted by molar-refractivity contribution is -0.118. The van der Waals surface area contributed by atoms with Crippen LogP contribution in [-0.2, 0) is 4.79 Å². The summed E-state index contributed by atoms with van der Waals surface area (Å²) in [7, 11) is 0. The molecule has 5 rings (SSSR count). The van der Waals surface area contributed by atoms with E-state index < -0.39 is 11.6 Å². The summed E-state index contributed by atoms with van der Waals surface area (Å²) in [6, 6.07) is 14.7.